The molecule has 4 rings (SSSR count). The normalized spacial score (nSPS) is 26.2. The Hall–Kier alpha value is -2.41. The minimum Gasteiger partial charge on any atom is -0.467 e. The molecule has 4 heterocycles. The summed E-state index contributed by atoms with van der Waals surface area (Å²) in [4.78, 5) is 23.0. The van der Waals surface area contributed by atoms with Crippen molar-refractivity contribution < 1.29 is 13.9 Å². The summed E-state index contributed by atoms with van der Waals surface area (Å²) in [6.07, 6.45) is 6.53. The third kappa shape index (κ3) is 3.12. The van der Waals surface area contributed by atoms with Gasteiger partial charge in [-0.3, -0.25) is 4.79 Å². The van der Waals surface area contributed by atoms with E-state index in [0.29, 0.717) is 12.5 Å². The molecule has 24 heavy (non-hydrogen) atoms. The molecule has 3 atom stereocenters. The number of aromatic nitrogens is 2. The summed E-state index contributed by atoms with van der Waals surface area (Å²) in [6.45, 7) is 2.02. The van der Waals surface area contributed by atoms with Crippen molar-refractivity contribution in [2.75, 3.05) is 18.0 Å². The molecule has 2 saturated heterocycles. The fraction of sp³-hybridized carbons (Fsp3) is 0.471. The van der Waals surface area contributed by atoms with Crippen molar-refractivity contribution in [1.29, 1.82) is 0 Å². The highest BCUT2D eigenvalue weighted by atomic mass is 16.5. The van der Waals surface area contributed by atoms with Crippen molar-refractivity contribution in [2.45, 2.75) is 31.6 Å². The van der Waals surface area contributed by atoms with Crippen molar-refractivity contribution in [1.82, 2.24) is 15.3 Å². The molecule has 0 radical (unpaired) electrons. The molecular weight excluding hydrogens is 308 g/mol. The second-order valence-corrected chi connectivity index (χ2v) is 6.24. The summed E-state index contributed by atoms with van der Waals surface area (Å²) < 4.78 is 11.2. The van der Waals surface area contributed by atoms with Gasteiger partial charge in [-0.05, 0) is 37.0 Å². The molecule has 0 aliphatic carbocycles. The number of fused-ring (bicyclic) bond motifs is 1. The van der Waals surface area contributed by atoms with Gasteiger partial charge < -0.3 is 19.4 Å². The van der Waals surface area contributed by atoms with Gasteiger partial charge in [-0.1, -0.05) is 0 Å². The van der Waals surface area contributed by atoms with Crippen LogP contribution in [0.25, 0.3) is 0 Å². The van der Waals surface area contributed by atoms with E-state index in [4.69, 9.17) is 9.15 Å². The molecule has 1 N–H and O–H groups in total. The van der Waals surface area contributed by atoms with E-state index in [-0.39, 0.29) is 18.1 Å². The smallest absolute Gasteiger partial charge is 0.249 e. The lowest BCUT2D eigenvalue weighted by molar-refractivity contribution is -0.132. The number of furan rings is 1. The summed E-state index contributed by atoms with van der Waals surface area (Å²) in [6, 6.07) is 5.46. The molecule has 1 amide bonds. The van der Waals surface area contributed by atoms with Crippen molar-refractivity contribution >= 4 is 11.9 Å². The van der Waals surface area contributed by atoms with E-state index in [2.05, 4.69) is 20.2 Å². The zero-order valence-electron chi connectivity index (χ0n) is 13.3. The molecule has 0 bridgehead atoms. The number of anilines is 1. The van der Waals surface area contributed by atoms with Gasteiger partial charge in [0.05, 0.1) is 18.9 Å². The van der Waals surface area contributed by atoms with Crippen LogP contribution in [0, 0.1) is 5.92 Å². The minimum absolute atomic E-state index is 0.0573. The van der Waals surface area contributed by atoms with E-state index in [9.17, 15) is 4.79 Å². The summed E-state index contributed by atoms with van der Waals surface area (Å²) >= 11 is 0. The van der Waals surface area contributed by atoms with E-state index in [1.807, 2.05) is 18.2 Å². The second-order valence-electron chi connectivity index (χ2n) is 6.24. The molecular formula is C17H20N4O3. The van der Waals surface area contributed by atoms with E-state index >= 15 is 0 Å². The number of nitrogens with one attached hydrogen (secondary N) is 1. The quantitative estimate of drug-likeness (QED) is 0.913. The molecule has 2 fully saturated rings. The Kier molecular flexibility index (Phi) is 4.17. The largest absolute Gasteiger partial charge is 0.467 e. The molecule has 0 saturated carbocycles. The van der Waals surface area contributed by atoms with Gasteiger partial charge in [0.15, 0.2) is 0 Å². The first-order valence-corrected chi connectivity index (χ1v) is 8.27. The van der Waals surface area contributed by atoms with Crippen LogP contribution in [0.4, 0.5) is 5.95 Å². The van der Waals surface area contributed by atoms with Crippen molar-refractivity contribution in [3.63, 3.8) is 0 Å². The fourth-order valence-corrected chi connectivity index (χ4v) is 3.44. The number of nitrogens with zero attached hydrogens (tertiary/aromatic N) is 3. The Balaban J connectivity index is 1.33. The van der Waals surface area contributed by atoms with Gasteiger partial charge in [0.2, 0.25) is 11.9 Å². The summed E-state index contributed by atoms with van der Waals surface area (Å²) in [5, 5.41) is 2.88. The molecule has 0 unspecified atom stereocenters. The molecule has 2 aliphatic heterocycles. The fourth-order valence-electron chi connectivity index (χ4n) is 3.44. The first kappa shape index (κ1) is 15.1. The third-order valence-corrected chi connectivity index (χ3v) is 4.70. The van der Waals surface area contributed by atoms with Crippen LogP contribution < -0.4 is 10.2 Å². The van der Waals surface area contributed by atoms with Gasteiger partial charge in [-0.25, -0.2) is 9.97 Å². The third-order valence-electron chi connectivity index (χ3n) is 4.70. The molecule has 0 spiro atoms. The van der Waals surface area contributed by atoms with Crippen LogP contribution in [-0.2, 0) is 16.1 Å². The van der Waals surface area contributed by atoms with E-state index in [1.165, 1.54) is 0 Å². The zero-order chi connectivity index (χ0) is 16.4. The van der Waals surface area contributed by atoms with Crippen molar-refractivity contribution in [2.24, 2.45) is 5.92 Å². The monoisotopic (exact) mass is 328 g/mol. The van der Waals surface area contributed by atoms with Gasteiger partial charge in [-0.15, -0.1) is 0 Å². The average Bonchev–Trinajstić information content (AvgIpc) is 3.29. The molecule has 7 heteroatoms. The van der Waals surface area contributed by atoms with Gasteiger partial charge in [0.1, 0.15) is 11.9 Å². The standard InChI is InChI=1S/C17H20N4O3/c22-16(20-10-13-3-1-8-23-13)14-9-12-4-7-21(11-15(12)24-14)17-18-5-2-6-19-17/h1-3,5-6,8,12,14-15H,4,7,9-11H2,(H,20,22)/t12-,14-,15+/m0/s1. The Morgan fingerprint density at radius 3 is 3.00 bits per heavy atom. The summed E-state index contributed by atoms with van der Waals surface area (Å²) in [5.41, 5.74) is 0. The Bertz CT molecular complexity index is 676. The number of hydrogen-bond acceptors (Lipinski definition) is 6. The van der Waals surface area contributed by atoms with E-state index < -0.39 is 0 Å². The molecule has 2 aromatic heterocycles. The summed E-state index contributed by atoms with van der Waals surface area (Å²) in [7, 11) is 0. The lowest BCUT2D eigenvalue weighted by Crippen LogP contribution is -2.43. The zero-order valence-corrected chi connectivity index (χ0v) is 13.3. The van der Waals surface area contributed by atoms with Gasteiger partial charge in [-0.2, -0.15) is 0 Å². The highest BCUT2D eigenvalue weighted by Gasteiger charge is 2.42. The minimum atomic E-state index is -0.383. The van der Waals surface area contributed by atoms with Gasteiger partial charge >= 0.3 is 0 Å². The number of piperidine rings is 1. The number of ether oxygens (including phenoxy) is 1. The van der Waals surface area contributed by atoms with Crippen LogP contribution in [0.5, 0.6) is 0 Å². The maximum atomic E-state index is 12.3. The molecule has 2 aliphatic rings. The van der Waals surface area contributed by atoms with Crippen molar-refractivity contribution in [3.05, 3.63) is 42.6 Å². The molecule has 0 aromatic carbocycles. The molecule has 126 valence electrons. The second kappa shape index (κ2) is 6.60. The highest BCUT2D eigenvalue weighted by Crippen LogP contribution is 2.34. The predicted molar refractivity (Wildman–Crippen MR) is 86.2 cm³/mol. The van der Waals surface area contributed by atoms with Crippen LogP contribution >= 0.6 is 0 Å². The maximum Gasteiger partial charge on any atom is 0.249 e. The summed E-state index contributed by atoms with van der Waals surface area (Å²) in [5.74, 6) is 1.82. The van der Waals surface area contributed by atoms with Crippen LogP contribution in [0.1, 0.15) is 18.6 Å². The number of carbonyl (C=O) groups is 1. The maximum absolute atomic E-state index is 12.3. The topological polar surface area (TPSA) is 80.5 Å². The number of rotatable bonds is 4. The predicted octanol–water partition coefficient (Wildman–Crippen LogP) is 1.37. The van der Waals surface area contributed by atoms with Crippen LogP contribution in [0.3, 0.4) is 0 Å². The van der Waals surface area contributed by atoms with Crippen LogP contribution in [0.15, 0.2) is 41.3 Å². The lowest BCUT2D eigenvalue weighted by atomic mass is 9.92. The van der Waals surface area contributed by atoms with Gasteiger partial charge in [0.25, 0.3) is 0 Å². The molecule has 2 aromatic rings. The van der Waals surface area contributed by atoms with E-state index in [1.54, 1.807) is 18.7 Å². The SMILES string of the molecule is O=C(NCc1ccco1)[C@@H]1C[C@@H]2CCN(c3ncccn3)C[C@H]2O1. The number of hydrogen-bond donors (Lipinski definition) is 1. The van der Waals surface area contributed by atoms with Crippen molar-refractivity contribution in [3.8, 4) is 0 Å². The van der Waals surface area contributed by atoms with E-state index in [0.717, 1.165) is 37.6 Å². The number of amides is 1. The molecule has 7 nitrogen and oxygen atoms in total. The number of carbonyl (C=O) groups excluding carboxylic acids is 1. The lowest BCUT2D eigenvalue weighted by Gasteiger charge is -2.33. The van der Waals surface area contributed by atoms with Gasteiger partial charge in [0, 0.05) is 25.5 Å². The Labute approximate surface area is 140 Å². The first-order chi connectivity index (χ1) is 11.8. The first-order valence-electron chi connectivity index (χ1n) is 8.27. The Morgan fingerprint density at radius 2 is 2.21 bits per heavy atom. The van der Waals surface area contributed by atoms with Crippen LogP contribution in [-0.4, -0.2) is 41.2 Å². The average molecular weight is 328 g/mol. The van der Waals surface area contributed by atoms with Crippen LogP contribution in [0.2, 0.25) is 0 Å². The highest BCUT2D eigenvalue weighted by molar-refractivity contribution is 5.81. The Morgan fingerprint density at radius 1 is 1.33 bits per heavy atom.